The number of hydrogen-bond donors (Lipinski definition) is 0. The van der Waals surface area contributed by atoms with Gasteiger partial charge in [0.25, 0.3) is 5.69 Å². The minimum atomic E-state index is -3.92. The summed E-state index contributed by atoms with van der Waals surface area (Å²) >= 11 is 3.37. The van der Waals surface area contributed by atoms with Gasteiger partial charge < -0.3 is 4.55 Å². The normalized spacial score (nSPS) is 10.8. The average Bonchev–Trinajstić information content (AvgIpc) is 2.26. The number of nitrogens with zero attached hydrogens (tertiary/aromatic N) is 2. The summed E-state index contributed by atoms with van der Waals surface area (Å²) in [7, 11) is -2.08. The Morgan fingerprint density at radius 1 is 1.25 bits per heavy atom. The summed E-state index contributed by atoms with van der Waals surface area (Å²) in [5, 5.41) is 12.3. The minimum absolute atomic E-state index is 0.129. The van der Waals surface area contributed by atoms with E-state index >= 15 is 0 Å². The van der Waals surface area contributed by atoms with E-state index in [1.54, 1.807) is 16.8 Å². The van der Waals surface area contributed by atoms with Gasteiger partial charge in [-0.3, -0.25) is 10.1 Å². The van der Waals surface area contributed by atoms with E-state index in [1.807, 2.05) is 19.3 Å². The number of nitro groups is 1. The van der Waals surface area contributed by atoms with Crippen LogP contribution < -0.4 is 4.57 Å². The molecule has 0 bridgehead atoms. The van der Waals surface area contributed by atoms with Crippen LogP contribution in [0.1, 0.15) is 0 Å². The van der Waals surface area contributed by atoms with Crippen molar-refractivity contribution < 1.29 is 22.5 Å². The molecule has 2 aromatic rings. The van der Waals surface area contributed by atoms with Crippen molar-refractivity contribution in [2.75, 3.05) is 6.26 Å². The minimum Gasteiger partial charge on any atom is -0.748 e. The van der Waals surface area contributed by atoms with Crippen LogP contribution in [0.2, 0.25) is 0 Å². The van der Waals surface area contributed by atoms with E-state index < -0.39 is 10.1 Å². The molecule has 0 saturated heterocycles. The maximum absolute atomic E-state index is 10.8. The lowest BCUT2D eigenvalue weighted by atomic mass is 10.1. The topological polar surface area (TPSA) is 104 Å². The number of non-ortho nitro benzene ring substituents is 1. The van der Waals surface area contributed by atoms with E-state index in [1.165, 1.54) is 6.07 Å². The number of halogens is 1. The zero-order valence-electron chi connectivity index (χ0n) is 10.6. The number of benzene rings is 1. The maximum atomic E-state index is 10.8. The highest BCUT2D eigenvalue weighted by molar-refractivity contribution is 9.10. The van der Waals surface area contributed by atoms with E-state index in [0.29, 0.717) is 11.6 Å². The molecule has 20 heavy (non-hydrogen) atoms. The first-order chi connectivity index (χ1) is 9.09. The molecule has 0 unspecified atom stereocenters. The van der Waals surface area contributed by atoms with E-state index in [2.05, 4.69) is 15.9 Å². The van der Waals surface area contributed by atoms with Gasteiger partial charge in [0, 0.05) is 28.2 Å². The van der Waals surface area contributed by atoms with Crippen LogP contribution >= 0.6 is 15.9 Å². The zero-order chi connectivity index (χ0) is 15.5. The molecule has 7 nitrogen and oxygen atoms in total. The van der Waals surface area contributed by atoms with Crippen molar-refractivity contribution in [1.29, 1.82) is 0 Å². The first-order valence-electron chi connectivity index (χ1n) is 5.22. The summed E-state index contributed by atoms with van der Waals surface area (Å²) in [6.07, 6.45) is 4.21. The van der Waals surface area contributed by atoms with Crippen molar-refractivity contribution in [3.63, 3.8) is 0 Å². The molecule has 0 saturated carbocycles. The number of hydrogen-bond acceptors (Lipinski definition) is 5. The molecule has 0 aliphatic rings. The Hall–Kier alpha value is -1.58. The zero-order valence-corrected chi connectivity index (χ0v) is 13.0. The number of nitro benzene ring substituents is 1. The van der Waals surface area contributed by atoms with Crippen molar-refractivity contribution in [2.24, 2.45) is 7.05 Å². The third-order valence-electron chi connectivity index (χ3n) is 2.22. The molecule has 1 aromatic heterocycles. The monoisotopic (exact) mass is 362 g/mol. The lowest BCUT2D eigenvalue weighted by molar-refractivity contribution is -0.670. The van der Waals surface area contributed by atoms with Gasteiger partial charge in [0.05, 0.1) is 15.0 Å². The predicted octanol–water partition coefficient (Wildman–Crippen LogP) is 1.50. The van der Waals surface area contributed by atoms with Gasteiger partial charge in [-0.15, -0.1) is 0 Å². The van der Waals surface area contributed by atoms with Gasteiger partial charge in [-0.25, -0.2) is 13.0 Å². The first kappa shape index (κ1) is 16.5. The largest absolute Gasteiger partial charge is 0.748 e. The second-order valence-corrected chi connectivity index (χ2v) is 6.23. The lowest BCUT2D eigenvalue weighted by Gasteiger charge is -1.99. The van der Waals surface area contributed by atoms with Crippen LogP contribution in [0.5, 0.6) is 0 Å². The van der Waals surface area contributed by atoms with Gasteiger partial charge in [0.2, 0.25) is 0 Å². The van der Waals surface area contributed by atoms with Crippen LogP contribution in [0.3, 0.4) is 0 Å². The Balaban J connectivity index is 0.000000347. The molecule has 1 aromatic carbocycles. The Kier molecular flexibility index (Phi) is 5.15. The highest BCUT2D eigenvalue weighted by atomic mass is 79.9. The molecular weight excluding hydrogens is 352 g/mol. The molecule has 0 aliphatic carbocycles. The van der Waals surface area contributed by atoms with Crippen molar-refractivity contribution in [3.8, 4) is 0 Å². The molecule has 0 N–H and O–H groups in total. The third kappa shape index (κ3) is 4.83. The highest BCUT2D eigenvalue weighted by Gasteiger charge is 2.15. The molecule has 0 spiro atoms. The van der Waals surface area contributed by atoms with Gasteiger partial charge in [0.15, 0.2) is 12.4 Å². The molecule has 0 fully saturated rings. The number of rotatable bonds is 1. The van der Waals surface area contributed by atoms with Crippen LogP contribution in [0, 0.1) is 10.1 Å². The van der Waals surface area contributed by atoms with Crippen LogP contribution in [-0.4, -0.2) is 24.1 Å². The Bertz CT molecular complexity index is 753. The number of aromatic nitrogens is 1. The van der Waals surface area contributed by atoms with Gasteiger partial charge in [-0.1, -0.05) is 15.9 Å². The van der Waals surface area contributed by atoms with Gasteiger partial charge in [-0.05, 0) is 6.07 Å². The van der Waals surface area contributed by atoms with Crippen LogP contribution in [-0.2, 0) is 17.2 Å². The summed E-state index contributed by atoms with van der Waals surface area (Å²) in [6, 6.07) is 5.05. The molecule has 108 valence electrons. The Labute approximate surface area is 123 Å². The number of aryl methyl sites for hydroxylation is 1. The third-order valence-corrected chi connectivity index (χ3v) is 2.91. The highest BCUT2D eigenvalue weighted by Crippen LogP contribution is 2.29. The average molecular weight is 363 g/mol. The molecule has 9 heteroatoms. The summed E-state index contributed by atoms with van der Waals surface area (Å²) in [4.78, 5) is 10.5. The SMILES string of the molecule is CS(=O)(=O)[O-].C[n+]1ccc2c(Br)ccc([N+](=O)[O-])c2c1. The summed E-state index contributed by atoms with van der Waals surface area (Å²) < 4.78 is 29.9. The van der Waals surface area contributed by atoms with E-state index in [-0.39, 0.29) is 10.6 Å². The fourth-order valence-electron chi connectivity index (χ4n) is 1.50. The maximum Gasteiger partial charge on any atom is 0.283 e. The quantitative estimate of drug-likeness (QED) is 0.330. The van der Waals surface area contributed by atoms with Crippen molar-refractivity contribution >= 4 is 42.5 Å². The summed E-state index contributed by atoms with van der Waals surface area (Å²) in [5.74, 6) is 0. The molecule has 2 rings (SSSR count). The standard InChI is InChI=1S/C10H8BrN2O2.CH4O3S/c1-12-5-4-7-8(6-12)10(13(14)15)3-2-9(7)11;1-5(2,3)4/h2-6H,1H3;1H3,(H,2,3,4)/q+1;/p-1. The fraction of sp³-hybridized carbons (Fsp3) is 0.182. The molecular formula is C11H11BrN2O5S. The fourth-order valence-corrected chi connectivity index (χ4v) is 1.98. The van der Waals surface area contributed by atoms with Crippen LogP contribution in [0.4, 0.5) is 5.69 Å². The van der Waals surface area contributed by atoms with Gasteiger partial charge >= 0.3 is 0 Å². The lowest BCUT2D eigenvalue weighted by Crippen LogP contribution is -2.26. The second-order valence-electron chi connectivity index (χ2n) is 3.97. The van der Waals surface area contributed by atoms with Crippen LogP contribution in [0.25, 0.3) is 10.8 Å². The van der Waals surface area contributed by atoms with E-state index in [0.717, 1.165) is 9.86 Å². The summed E-state index contributed by atoms with van der Waals surface area (Å²) in [5.41, 5.74) is 0.129. The molecule has 0 radical (unpaired) electrons. The summed E-state index contributed by atoms with van der Waals surface area (Å²) in [6.45, 7) is 0. The molecule has 1 heterocycles. The number of pyridine rings is 1. The molecule has 0 atom stereocenters. The number of fused-ring (bicyclic) bond motifs is 1. The predicted molar refractivity (Wildman–Crippen MR) is 75.1 cm³/mol. The Morgan fingerprint density at radius 2 is 1.80 bits per heavy atom. The second kappa shape index (κ2) is 6.25. The van der Waals surface area contributed by atoms with Gasteiger partial charge in [0.1, 0.15) is 12.4 Å². The van der Waals surface area contributed by atoms with E-state index in [9.17, 15) is 10.1 Å². The van der Waals surface area contributed by atoms with E-state index in [4.69, 9.17) is 13.0 Å². The smallest absolute Gasteiger partial charge is 0.283 e. The molecule has 0 amide bonds. The van der Waals surface area contributed by atoms with Crippen LogP contribution in [0.15, 0.2) is 35.1 Å². The van der Waals surface area contributed by atoms with Crippen molar-refractivity contribution in [1.82, 2.24) is 0 Å². The van der Waals surface area contributed by atoms with Crippen molar-refractivity contribution in [2.45, 2.75) is 0 Å². The first-order valence-corrected chi connectivity index (χ1v) is 7.83. The van der Waals surface area contributed by atoms with Gasteiger partial charge in [-0.2, -0.15) is 0 Å². The Morgan fingerprint density at radius 3 is 2.30 bits per heavy atom. The molecule has 0 aliphatic heterocycles. The van der Waals surface area contributed by atoms with Crippen molar-refractivity contribution in [3.05, 3.63) is 45.2 Å².